The summed E-state index contributed by atoms with van der Waals surface area (Å²) in [5.41, 5.74) is 0.431. The molecule has 0 saturated heterocycles. The van der Waals surface area contributed by atoms with Gasteiger partial charge >= 0.3 is 0 Å². The van der Waals surface area contributed by atoms with E-state index >= 15 is 0 Å². The van der Waals surface area contributed by atoms with Crippen LogP contribution in [0.25, 0.3) is 0 Å². The molecule has 2 aromatic rings. The van der Waals surface area contributed by atoms with Gasteiger partial charge < -0.3 is 14.8 Å². The summed E-state index contributed by atoms with van der Waals surface area (Å²) in [7, 11) is -1.07. The van der Waals surface area contributed by atoms with Gasteiger partial charge in [-0.15, -0.1) is 0 Å². The van der Waals surface area contributed by atoms with E-state index in [1.807, 2.05) is 0 Å². The maximum atomic E-state index is 13.6. The van der Waals surface area contributed by atoms with Crippen molar-refractivity contribution in [3.63, 3.8) is 0 Å². The van der Waals surface area contributed by atoms with Crippen molar-refractivity contribution in [1.29, 1.82) is 0 Å². The number of fused-ring (bicyclic) bond motifs is 2. The van der Waals surface area contributed by atoms with Crippen LogP contribution in [0, 0.1) is 11.8 Å². The van der Waals surface area contributed by atoms with Crippen LogP contribution < -0.4 is 19.1 Å². The van der Waals surface area contributed by atoms with Gasteiger partial charge in [-0.1, -0.05) is 24.6 Å². The van der Waals surface area contributed by atoms with Crippen LogP contribution in [-0.2, 0) is 14.8 Å². The van der Waals surface area contributed by atoms with Crippen molar-refractivity contribution in [3.05, 3.63) is 48.5 Å². The molecule has 0 spiro atoms. The number of amides is 1. The largest absolute Gasteiger partial charge is 0.493 e. The van der Waals surface area contributed by atoms with Crippen LogP contribution in [0.2, 0.25) is 0 Å². The van der Waals surface area contributed by atoms with Gasteiger partial charge in [-0.05, 0) is 55.4 Å². The Kier molecular flexibility index (Phi) is 6.09. The van der Waals surface area contributed by atoms with Crippen LogP contribution in [0.4, 0.5) is 5.69 Å². The molecule has 2 bridgehead atoms. The highest BCUT2D eigenvalue weighted by Crippen LogP contribution is 2.44. The molecule has 2 aliphatic rings. The summed E-state index contributed by atoms with van der Waals surface area (Å²) >= 11 is 0. The van der Waals surface area contributed by atoms with E-state index in [-0.39, 0.29) is 23.4 Å². The van der Waals surface area contributed by atoms with E-state index in [0.717, 1.165) is 23.6 Å². The van der Waals surface area contributed by atoms with Gasteiger partial charge in [0.15, 0.2) is 11.5 Å². The zero-order chi connectivity index (χ0) is 22.0. The van der Waals surface area contributed by atoms with Gasteiger partial charge in [0, 0.05) is 12.1 Å². The van der Waals surface area contributed by atoms with Crippen molar-refractivity contribution in [1.82, 2.24) is 5.32 Å². The molecule has 2 fully saturated rings. The van der Waals surface area contributed by atoms with Gasteiger partial charge in [-0.3, -0.25) is 9.10 Å². The van der Waals surface area contributed by atoms with Crippen molar-refractivity contribution in [2.45, 2.75) is 36.6 Å². The topological polar surface area (TPSA) is 84.9 Å². The molecule has 0 aromatic heterocycles. The van der Waals surface area contributed by atoms with Crippen molar-refractivity contribution >= 4 is 21.6 Å². The zero-order valence-corrected chi connectivity index (χ0v) is 18.6. The zero-order valence-electron chi connectivity index (χ0n) is 17.8. The SMILES string of the molecule is COc1ccc(S(=O)(=O)N(CC(=O)N[C@@H]2C[C@H]3CC[C@H]2C3)c2ccccc2)cc1OC. The number of carbonyl (C=O) groups is 1. The molecule has 3 atom stereocenters. The third kappa shape index (κ3) is 4.35. The lowest BCUT2D eigenvalue weighted by atomic mass is 9.95. The first-order chi connectivity index (χ1) is 14.9. The molecular weight excluding hydrogens is 416 g/mol. The number of hydrogen-bond donors (Lipinski definition) is 1. The molecule has 0 unspecified atom stereocenters. The first-order valence-corrected chi connectivity index (χ1v) is 12.0. The van der Waals surface area contributed by atoms with E-state index in [2.05, 4.69) is 5.32 Å². The summed E-state index contributed by atoms with van der Waals surface area (Å²) in [5.74, 6) is 1.66. The molecule has 1 N–H and O–H groups in total. The number of nitrogens with zero attached hydrogens (tertiary/aromatic N) is 1. The number of para-hydroxylation sites is 1. The summed E-state index contributed by atoms with van der Waals surface area (Å²) in [4.78, 5) is 12.9. The maximum absolute atomic E-state index is 13.6. The van der Waals surface area contributed by atoms with E-state index in [9.17, 15) is 13.2 Å². The highest BCUT2D eigenvalue weighted by molar-refractivity contribution is 7.92. The lowest BCUT2D eigenvalue weighted by Gasteiger charge is -2.27. The summed E-state index contributed by atoms with van der Waals surface area (Å²) in [6, 6.07) is 13.2. The van der Waals surface area contributed by atoms with Crippen LogP contribution in [0.1, 0.15) is 25.7 Å². The first kappa shape index (κ1) is 21.5. The van der Waals surface area contributed by atoms with E-state index in [1.165, 1.54) is 32.8 Å². The minimum atomic E-state index is -4.01. The molecule has 31 heavy (non-hydrogen) atoms. The Labute approximate surface area is 183 Å². The number of ether oxygens (including phenoxy) is 2. The Hall–Kier alpha value is -2.74. The van der Waals surface area contributed by atoms with Crippen LogP contribution in [0.5, 0.6) is 11.5 Å². The second-order valence-electron chi connectivity index (χ2n) is 8.21. The number of sulfonamides is 1. The molecular formula is C23H28N2O5S. The van der Waals surface area contributed by atoms with Gasteiger partial charge in [0.2, 0.25) is 5.91 Å². The minimum absolute atomic E-state index is 0.0294. The lowest BCUT2D eigenvalue weighted by Crippen LogP contribution is -2.46. The highest BCUT2D eigenvalue weighted by Gasteiger charge is 2.40. The molecule has 4 rings (SSSR count). The number of hydrogen-bond acceptors (Lipinski definition) is 5. The van der Waals surface area contributed by atoms with E-state index in [0.29, 0.717) is 29.0 Å². The lowest BCUT2D eigenvalue weighted by molar-refractivity contribution is -0.120. The monoisotopic (exact) mass is 444 g/mol. The maximum Gasteiger partial charge on any atom is 0.264 e. The highest BCUT2D eigenvalue weighted by atomic mass is 32.2. The van der Waals surface area contributed by atoms with Crippen molar-refractivity contribution < 1.29 is 22.7 Å². The number of methoxy groups -OCH3 is 2. The van der Waals surface area contributed by atoms with Gasteiger partial charge in [0.1, 0.15) is 6.54 Å². The Morgan fingerprint density at radius 1 is 1.03 bits per heavy atom. The predicted octanol–water partition coefficient (Wildman–Crippen LogP) is 3.20. The second kappa shape index (κ2) is 8.78. The number of benzene rings is 2. The van der Waals surface area contributed by atoms with Crippen LogP contribution in [-0.4, -0.2) is 41.1 Å². The molecule has 7 nitrogen and oxygen atoms in total. The molecule has 2 aliphatic carbocycles. The summed E-state index contributed by atoms with van der Waals surface area (Å²) < 4.78 is 38.7. The summed E-state index contributed by atoms with van der Waals surface area (Å²) in [6.45, 7) is -0.283. The number of anilines is 1. The summed E-state index contributed by atoms with van der Waals surface area (Å²) in [5, 5.41) is 3.09. The Balaban J connectivity index is 1.61. The summed E-state index contributed by atoms with van der Waals surface area (Å²) in [6.07, 6.45) is 4.53. The van der Waals surface area contributed by atoms with Crippen molar-refractivity contribution in [2.75, 3.05) is 25.1 Å². The number of rotatable bonds is 8. The van der Waals surface area contributed by atoms with Gasteiger partial charge in [0.25, 0.3) is 10.0 Å². The Bertz CT molecular complexity index is 1040. The number of carbonyl (C=O) groups excluding carboxylic acids is 1. The smallest absolute Gasteiger partial charge is 0.264 e. The van der Waals surface area contributed by atoms with Crippen LogP contribution >= 0.6 is 0 Å². The third-order valence-corrected chi connectivity index (χ3v) is 8.13. The first-order valence-electron chi connectivity index (χ1n) is 10.5. The van der Waals surface area contributed by atoms with Gasteiger partial charge in [-0.25, -0.2) is 8.42 Å². The molecule has 0 aliphatic heterocycles. The van der Waals surface area contributed by atoms with Crippen molar-refractivity contribution in [2.24, 2.45) is 11.8 Å². The third-order valence-electron chi connectivity index (χ3n) is 6.36. The van der Waals surface area contributed by atoms with E-state index < -0.39 is 10.0 Å². The second-order valence-corrected chi connectivity index (χ2v) is 10.1. The number of nitrogens with one attached hydrogen (secondary N) is 1. The fourth-order valence-corrected chi connectivity index (χ4v) is 6.25. The van der Waals surface area contributed by atoms with E-state index in [1.54, 1.807) is 36.4 Å². The molecule has 166 valence electrons. The quantitative estimate of drug-likeness (QED) is 0.676. The average Bonchev–Trinajstić information content (AvgIpc) is 3.40. The van der Waals surface area contributed by atoms with E-state index in [4.69, 9.17) is 9.47 Å². The Morgan fingerprint density at radius 3 is 2.39 bits per heavy atom. The molecule has 0 radical (unpaired) electrons. The molecule has 2 saturated carbocycles. The standard InChI is InChI=1S/C23H28N2O5S/c1-29-21-11-10-19(14-22(21)30-2)31(27,28)25(18-6-4-3-5-7-18)15-23(26)24-20-13-16-8-9-17(20)12-16/h3-7,10-11,14,16-17,20H,8-9,12-13,15H2,1-2H3,(H,24,26)/t16-,17-,20+/m0/s1. The van der Waals surface area contributed by atoms with Crippen LogP contribution in [0.15, 0.2) is 53.4 Å². The average molecular weight is 445 g/mol. The minimum Gasteiger partial charge on any atom is -0.493 e. The molecule has 2 aromatic carbocycles. The van der Waals surface area contributed by atoms with Gasteiger partial charge in [-0.2, -0.15) is 0 Å². The molecule has 1 amide bonds. The van der Waals surface area contributed by atoms with Crippen LogP contribution in [0.3, 0.4) is 0 Å². The fourth-order valence-electron chi connectivity index (χ4n) is 4.82. The normalized spacial score (nSPS) is 22.2. The van der Waals surface area contributed by atoms with Crippen molar-refractivity contribution in [3.8, 4) is 11.5 Å². The predicted molar refractivity (Wildman–Crippen MR) is 118 cm³/mol. The fraction of sp³-hybridized carbons (Fsp3) is 0.435. The molecule has 0 heterocycles. The molecule has 8 heteroatoms. The Morgan fingerprint density at radius 2 is 1.77 bits per heavy atom. The van der Waals surface area contributed by atoms with Gasteiger partial charge in [0.05, 0.1) is 24.8 Å².